The van der Waals surface area contributed by atoms with Crippen molar-refractivity contribution in [2.24, 2.45) is 5.92 Å². The third-order valence-electron chi connectivity index (χ3n) is 3.44. The topological polar surface area (TPSA) is 49.4 Å². The Bertz CT molecular complexity index is 648. The normalized spacial score (nSPS) is 15.1. The van der Waals surface area contributed by atoms with Crippen LogP contribution in [-0.4, -0.2) is 32.9 Å². The molecule has 4 nitrogen and oxygen atoms in total. The van der Waals surface area contributed by atoms with E-state index in [-0.39, 0.29) is 11.4 Å². The van der Waals surface area contributed by atoms with Crippen LogP contribution in [0, 0.1) is 24.1 Å². The number of benzene rings is 1. The summed E-state index contributed by atoms with van der Waals surface area (Å²) in [6.45, 7) is 0.762. The van der Waals surface area contributed by atoms with Gasteiger partial charge < -0.3 is 5.32 Å². The molecule has 0 heterocycles. The number of rotatable bonds is 7. The molecule has 0 bridgehead atoms. The monoisotopic (exact) mass is 310 g/mol. The minimum absolute atomic E-state index is 0.00671. The van der Waals surface area contributed by atoms with Crippen molar-refractivity contribution in [2.75, 3.05) is 20.1 Å². The number of hydrogen-bond donors (Lipinski definition) is 1. The van der Waals surface area contributed by atoms with Crippen molar-refractivity contribution >= 4 is 10.0 Å². The minimum Gasteiger partial charge on any atom is -0.316 e. The van der Waals surface area contributed by atoms with Crippen molar-refractivity contribution < 1.29 is 12.8 Å². The van der Waals surface area contributed by atoms with Crippen molar-refractivity contribution in [1.29, 1.82) is 0 Å². The van der Waals surface area contributed by atoms with E-state index in [1.54, 1.807) is 7.05 Å². The molecule has 0 spiro atoms. The first-order valence-electron chi connectivity index (χ1n) is 6.85. The highest BCUT2D eigenvalue weighted by Gasteiger charge is 2.32. The third-order valence-corrected chi connectivity index (χ3v) is 5.33. The number of terminal acetylenes is 1. The minimum atomic E-state index is -3.78. The van der Waals surface area contributed by atoms with E-state index in [0.29, 0.717) is 24.6 Å². The number of nitrogens with zero attached hydrogens (tertiary/aromatic N) is 1. The van der Waals surface area contributed by atoms with Gasteiger partial charge in [0.2, 0.25) is 10.0 Å². The van der Waals surface area contributed by atoms with Gasteiger partial charge in [-0.15, -0.1) is 6.42 Å². The summed E-state index contributed by atoms with van der Waals surface area (Å²) < 4.78 is 40.3. The molecule has 0 radical (unpaired) electrons. The van der Waals surface area contributed by atoms with Crippen LogP contribution >= 0.6 is 0 Å². The van der Waals surface area contributed by atoms with Crippen LogP contribution in [0.15, 0.2) is 23.1 Å². The van der Waals surface area contributed by atoms with E-state index < -0.39 is 15.8 Å². The summed E-state index contributed by atoms with van der Waals surface area (Å²) in [6, 6.07) is 3.82. The van der Waals surface area contributed by atoms with Crippen molar-refractivity contribution in [3.63, 3.8) is 0 Å². The quantitative estimate of drug-likeness (QED) is 0.778. The first-order chi connectivity index (χ1) is 9.98. The van der Waals surface area contributed by atoms with Gasteiger partial charge in [0.25, 0.3) is 0 Å². The molecule has 0 unspecified atom stereocenters. The average molecular weight is 310 g/mol. The number of nitrogens with one attached hydrogen (secondary N) is 1. The maximum Gasteiger partial charge on any atom is 0.244 e. The summed E-state index contributed by atoms with van der Waals surface area (Å²) in [7, 11) is -2.07. The van der Waals surface area contributed by atoms with E-state index in [0.717, 1.165) is 18.9 Å². The summed E-state index contributed by atoms with van der Waals surface area (Å²) in [5.74, 6) is 2.18. The molecule has 2 rings (SSSR count). The molecule has 0 atom stereocenters. The molecule has 1 aliphatic carbocycles. The average Bonchev–Trinajstić information content (AvgIpc) is 3.24. The van der Waals surface area contributed by atoms with Gasteiger partial charge in [-0.05, 0) is 43.5 Å². The molecule has 0 saturated heterocycles. The predicted molar refractivity (Wildman–Crippen MR) is 79.5 cm³/mol. The Balaban J connectivity index is 2.40. The van der Waals surface area contributed by atoms with E-state index in [1.165, 1.54) is 16.4 Å². The lowest BCUT2D eigenvalue weighted by molar-refractivity contribution is 0.429. The standard InChI is InChI=1S/C15H19FN2O2S/c1-3-8-18(11-12-4-5-12)21(19,20)15-9-14(16)7-6-13(15)10-17-2/h1,6-7,9,12,17H,4-5,8,10-11H2,2H3. The van der Waals surface area contributed by atoms with Gasteiger partial charge in [0.15, 0.2) is 0 Å². The van der Waals surface area contributed by atoms with Crippen LogP contribution in [0.1, 0.15) is 18.4 Å². The molecule has 1 aliphatic rings. The Hall–Kier alpha value is -1.42. The first kappa shape index (κ1) is 16.0. The van der Waals surface area contributed by atoms with Gasteiger partial charge in [0.05, 0.1) is 11.4 Å². The maximum atomic E-state index is 13.5. The first-order valence-corrected chi connectivity index (χ1v) is 8.29. The van der Waals surface area contributed by atoms with Crippen molar-refractivity contribution in [2.45, 2.75) is 24.3 Å². The molecule has 1 aromatic rings. The van der Waals surface area contributed by atoms with Crippen LogP contribution in [0.3, 0.4) is 0 Å². The van der Waals surface area contributed by atoms with Crippen LogP contribution in [0.2, 0.25) is 0 Å². The second-order valence-corrected chi connectivity index (χ2v) is 7.13. The SMILES string of the molecule is C#CCN(CC1CC1)S(=O)(=O)c1cc(F)ccc1CNC. The molecule has 0 amide bonds. The zero-order valence-corrected chi connectivity index (χ0v) is 12.8. The molecule has 0 aliphatic heterocycles. The van der Waals surface area contributed by atoms with Gasteiger partial charge in [-0.2, -0.15) is 4.31 Å². The third kappa shape index (κ3) is 3.82. The van der Waals surface area contributed by atoms with Crippen molar-refractivity contribution in [3.05, 3.63) is 29.6 Å². The van der Waals surface area contributed by atoms with Gasteiger partial charge in [0, 0.05) is 13.1 Å². The van der Waals surface area contributed by atoms with Crippen molar-refractivity contribution in [1.82, 2.24) is 9.62 Å². The van der Waals surface area contributed by atoms with E-state index in [1.807, 2.05) is 0 Å². The highest BCUT2D eigenvalue weighted by Crippen LogP contribution is 2.32. The van der Waals surface area contributed by atoms with Gasteiger partial charge in [-0.25, -0.2) is 12.8 Å². The predicted octanol–water partition coefficient (Wildman–Crippen LogP) is 1.58. The Kier molecular flexibility index (Phi) is 4.99. The molecule has 114 valence electrons. The molecule has 6 heteroatoms. The fraction of sp³-hybridized carbons (Fsp3) is 0.467. The smallest absolute Gasteiger partial charge is 0.244 e. The highest BCUT2D eigenvalue weighted by molar-refractivity contribution is 7.89. The maximum absolute atomic E-state index is 13.5. The van der Waals surface area contributed by atoms with E-state index in [2.05, 4.69) is 11.2 Å². The fourth-order valence-electron chi connectivity index (χ4n) is 2.18. The van der Waals surface area contributed by atoms with E-state index in [9.17, 15) is 12.8 Å². The summed E-state index contributed by atoms with van der Waals surface area (Å²) in [4.78, 5) is -0.00671. The number of halogens is 1. The van der Waals surface area contributed by atoms with E-state index >= 15 is 0 Å². The van der Waals surface area contributed by atoms with Crippen LogP contribution < -0.4 is 5.32 Å². The Morgan fingerprint density at radius 3 is 2.76 bits per heavy atom. The summed E-state index contributed by atoms with van der Waals surface area (Å²) >= 11 is 0. The molecular formula is C15H19FN2O2S. The van der Waals surface area contributed by atoms with E-state index in [4.69, 9.17) is 6.42 Å². The zero-order valence-electron chi connectivity index (χ0n) is 12.0. The molecule has 1 saturated carbocycles. The molecule has 1 aromatic carbocycles. The van der Waals surface area contributed by atoms with Gasteiger partial charge >= 0.3 is 0 Å². The van der Waals surface area contributed by atoms with Gasteiger partial charge in [-0.1, -0.05) is 12.0 Å². The Labute approximate surface area is 125 Å². The molecular weight excluding hydrogens is 291 g/mol. The second-order valence-electron chi connectivity index (χ2n) is 5.23. The Morgan fingerprint density at radius 2 is 2.19 bits per heavy atom. The molecule has 1 fully saturated rings. The molecule has 21 heavy (non-hydrogen) atoms. The lowest BCUT2D eigenvalue weighted by Crippen LogP contribution is -2.34. The lowest BCUT2D eigenvalue weighted by atomic mass is 10.2. The summed E-state index contributed by atoms with van der Waals surface area (Å²) in [5.41, 5.74) is 0.539. The zero-order chi connectivity index (χ0) is 15.5. The Morgan fingerprint density at radius 1 is 1.48 bits per heavy atom. The van der Waals surface area contributed by atoms with Crippen LogP contribution in [0.5, 0.6) is 0 Å². The van der Waals surface area contributed by atoms with Gasteiger partial charge in [-0.3, -0.25) is 0 Å². The number of sulfonamides is 1. The fourth-order valence-corrected chi connectivity index (χ4v) is 3.84. The van der Waals surface area contributed by atoms with Crippen LogP contribution in [0.4, 0.5) is 4.39 Å². The molecule has 0 aromatic heterocycles. The summed E-state index contributed by atoms with van der Waals surface area (Å²) in [6.07, 6.45) is 7.32. The largest absolute Gasteiger partial charge is 0.316 e. The number of hydrogen-bond acceptors (Lipinski definition) is 3. The van der Waals surface area contributed by atoms with Crippen LogP contribution in [-0.2, 0) is 16.6 Å². The summed E-state index contributed by atoms with van der Waals surface area (Å²) in [5, 5.41) is 2.89. The highest BCUT2D eigenvalue weighted by atomic mass is 32.2. The second kappa shape index (κ2) is 6.56. The van der Waals surface area contributed by atoms with Crippen LogP contribution in [0.25, 0.3) is 0 Å². The molecule has 1 N–H and O–H groups in total. The lowest BCUT2D eigenvalue weighted by Gasteiger charge is -2.21. The van der Waals surface area contributed by atoms with Gasteiger partial charge in [0.1, 0.15) is 5.82 Å². The van der Waals surface area contributed by atoms with Crippen molar-refractivity contribution in [3.8, 4) is 12.3 Å².